The minimum Gasteiger partial charge on any atom is -0.303 e. The lowest BCUT2D eigenvalue weighted by Crippen LogP contribution is -2.19. The quantitative estimate of drug-likeness (QED) is 0.847. The van der Waals surface area contributed by atoms with Crippen LogP contribution in [0.1, 0.15) is 48.7 Å². The fourth-order valence-electron chi connectivity index (χ4n) is 2.12. The van der Waals surface area contributed by atoms with Gasteiger partial charge in [0.15, 0.2) is 0 Å². The zero-order valence-electron chi connectivity index (χ0n) is 10.6. The molecular weight excluding hydrogens is 224 g/mol. The molecule has 1 fully saturated rings. The first-order valence-electron chi connectivity index (χ1n) is 6.50. The van der Waals surface area contributed by atoms with Crippen LogP contribution in [0.4, 0.5) is 0 Å². The number of aromatic amines is 1. The molecule has 2 aromatic rings. The largest absolute Gasteiger partial charge is 0.303 e. The Hall–Kier alpha value is -1.68. The van der Waals surface area contributed by atoms with E-state index >= 15 is 0 Å². The van der Waals surface area contributed by atoms with E-state index < -0.39 is 0 Å². The van der Waals surface area contributed by atoms with Gasteiger partial charge in [-0.3, -0.25) is 5.10 Å². The molecule has 0 spiro atoms. The summed E-state index contributed by atoms with van der Waals surface area (Å²) in [5.74, 6) is 1.71. The van der Waals surface area contributed by atoms with Crippen molar-refractivity contribution in [2.24, 2.45) is 0 Å². The zero-order chi connectivity index (χ0) is 12.4. The van der Waals surface area contributed by atoms with Gasteiger partial charge in [-0.2, -0.15) is 5.10 Å². The van der Waals surface area contributed by atoms with Crippen LogP contribution in [0.3, 0.4) is 0 Å². The monoisotopic (exact) mass is 242 g/mol. The van der Waals surface area contributed by atoms with Crippen molar-refractivity contribution in [1.82, 2.24) is 20.5 Å². The van der Waals surface area contributed by atoms with Gasteiger partial charge in [0.25, 0.3) is 0 Å². The molecule has 0 amide bonds. The van der Waals surface area contributed by atoms with Gasteiger partial charge in [-0.25, -0.2) is 4.98 Å². The average molecular weight is 242 g/mol. The molecule has 0 aliphatic heterocycles. The molecule has 4 heteroatoms. The Kier molecular flexibility index (Phi) is 3.11. The molecule has 18 heavy (non-hydrogen) atoms. The number of benzene rings is 1. The van der Waals surface area contributed by atoms with Crippen molar-refractivity contribution in [2.45, 2.75) is 38.3 Å². The minimum absolute atomic E-state index is 0.190. The number of aromatic nitrogens is 3. The van der Waals surface area contributed by atoms with Crippen molar-refractivity contribution < 1.29 is 0 Å². The molecule has 1 heterocycles. The van der Waals surface area contributed by atoms with E-state index in [9.17, 15) is 0 Å². The highest BCUT2D eigenvalue weighted by Gasteiger charge is 2.22. The lowest BCUT2D eigenvalue weighted by atomic mass is 10.1. The van der Waals surface area contributed by atoms with E-state index in [0.29, 0.717) is 0 Å². The molecule has 94 valence electrons. The van der Waals surface area contributed by atoms with Crippen molar-refractivity contribution >= 4 is 0 Å². The molecular formula is C14H18N4. The molecule has 0 saturated heterocycles. The van der Waals surface area contributed by atoms with E-state index in [4.69, 9.17) is 0 Å². The van der Waals surface area contributed by atoms with Gasteiger partial charge in [-0.05, 0) is 36.8 Å². The maximum Gasteiger partial charge on any atom is 0.141 e. The van der Waals surface area contributed by atoms with Crippen LogP contribution in [0, 0.1) is 0 Å². The van der Waals surface area contributed by atoms with E-state index in [2.05, 4.69) is 51.7 Å². The summed E-state index contributed by atoms with van der Waals surface area (Å²) >= 11 is 0. The minimum atomic E-state index is 0.190. The van der Waals surface area contributed by atoms with Gasteiger partial charge in [-0.1, -0.05) is 24.3 Å². The molecule has 4 nitrogen and oxygen atoms in total. The molecule has 1 saturated carbocycles. The number of nitrogens with one attached hydrogen (secondary N) is 2. The predicted molar refractivity (Wildman–Crippen MR) is 70.1 cm³/mol. The van der Waals surface area contributed by atoms with Crippen LogP contribution in [0.15, 0.2) is 30.6 Å². The predicted octanol–water partition coefficient (Wildman–Crippen LogP) is 2.53. The van der Waals surface area contributed by atoms with E-state index in [1.165, 1.54) is 30.3 Å². The van der Waals surface area contributed by atoms with Gasteiger partial charge < -0.3 is 5.32 Å². The lowest BCUT2D eigenvalue weighted by molar-refractivity contribution is 0.548. The Morgan fingerprint density at radius 2 is 2.11 bits per heavy atom. The van der Waals surface area contributed by atoms with Crippen LogP contribution in [0.5, 0.6) is 0 Å². The lowest BCUT2D eigenvalue weighted by Gasteiger charge is -2.11. The SMILES string of the molecule is CC(NCc1ccc(C2CC2)cc1)c1ncn[nH]1. The average Bonchev–Trinajstić information content (AvgIpc) is 3.11. The van der Waals surface area contributed by atoms with Crippen LogP contribution in [0.2, 0.25) is 0 Å². The Bertz CT molecular complexity index is 485. The second-order valence-corrected chi connectivity index (χ2v) is 4.99. The highest BCUT2D eigenvalue weighted by Crippen LogP contribution is 2.39. The molecule has 0 bridgehead atoms. The van der Waals surface area contributed by atoms with Gasteiger partial charge in [0, 0.05) is 6.54 Å². The first-order chi connectivity index (χ1) is 8.83. The molecule has 1 unspecified atom stereocenters. The van der Waals surface area contributed by atoms with Crippen molar-refractivity contribution in [3.05, 3.63) is 47.5 Å². The van der Waals surface area contributed by atoms with E-state index in [-0.39, 0.29) is 6.04 Å². The topological polar surface area (TPSA) is 53.6 Å². The van der Waals surface area contributed by atoms with Gasteiger partial charge in [-0.15, -0.1) is 0 Å². The first-order valence-corrected chi connectivity index (χ1v) is 6.50. The van der Waals surface area contributed by atoms with E-state index in [1.54, 1.807) is 0 Å². The van der Waals surface area contributed by atoms with Gasteiger partial charge >= 0.3 is 0 Å². The Balaban J connectivity index is 1.56. The maximum atomic E-state index is 4.14. The third kappa shape index (κ3) is 2.59. The third-order valence-electron chi connectivity index (χ3n) is 3.48. The number of rotatable bonds is 5. The second kappa shape index (κ2) is 4.90. The van der Waals surface area contributed by atoms with Gasteiger partial charge in [0.05, 0.1) is 6.04 Å². The zero-order valence-corrected chi connectivity index (χ0v) is 10.6. The highest BCUT2D eigenvalue weighted by molar-refractivity contribution is 5.28. The number of hydrogen-bond donors (Lipinski definition) is 2. The van der Waals surface area contributed by atoms with Crippen molar-refractivity contribution in [2.75, 3.05) is 0 Å². The molecule has 1 aliphatic rings. The van der Waals surface area contributed by atoms with Crippen LogP contribution in [-0.4, -0.2) is 15.2 Å². The highest BCUT2D eigenvalue weighted by atomic mass is 15.2. The van der Waals surface area contributed by atoms with Crippen LogP contribution >= 0.6 is 0 Å². The summed E-state index contributed by atoms with van der Waals surface area (Å²) in [7, 11) is 0. The molecule has 0 radical (unpaired) electrons. The summed E-state index contributed by atoms with van der Waals surface area (Å²) in [6, 6.07) is 9.14. The number of nitrogens with zero attached hydrogens (tertiary/aromatic N) is 2. The molecule has 1 aromatic heterocycles. The Labute approximate surface area is 107 Å². The van der Waals surface area contributed by atoms with E-state index in [0.717, 1.165) is 18.3 Å². The molecule has 3 rings (SSSR count). The molecule has 1 aromatic carbocycles. The second-order valence-electron chi connectivity index (χ2n) is 4.99. The fourth-order valence-corrected chi connectivity index (χ4v) is 2.12. The first kappa shape index (κ1) is 11.4. The fraction of sp³-hybridized carbons (Fsp3) is 0.429. The van der Waals surface area contributed by atoms with Gasteiger partial charge in [0.1, 0.15) is 12.2 Å². The molecule has 2 N–H and O–H groups in total. The Morgan fingerprint density at radius 3 is 2.72 bits per heavy atom. The maximum absolute atomic E-state index is 4.14. The van der Waals surface area contributed by atoms with E-state index in [1.807, 2.05) is 0 Å². The molecule has 1 aliphatic carbocycles. The van der Waals surface area contributed by atoms with Crippen molar-refractivity contribution in [3.8, 4) is 0 Å². The summed E-state index contributed by atoms with van der Waals surface area (Å²) in [4.78, 5) is 4.14. The summed E-state index contributed by atoms with van der Waals surface area (Å²) in [6.07, 6.45) is 4.26. The third-order valence-corrected chi connectivity index (χ3v) is 3.48. The Morgan fingerprint density at radius 1 is 1.33 bits per heavy atom. The summed E-state index contributed by atoms with van der Waals surface area (Å²) in [5.41, 5.74) is 2.80. The summed E-state index contributed by atoms with van der Waals surface area (Å²) in [6.45, 7) is 2.94. The summed E-state index contributed by atoms with van der Waals surface area (Å²) in [5, 5.41) is 10.2. The van der Waals surface area contributed by atoms with Crippen LogP contribution in [-0.2, 0) is 6.54 Å². The van der Waals surface area contributed by atoms with Crippen LogP contribution in [0.25, 0.3) is 0 Å². The van der Waals surface area contributed by atoms with Crippen molar-refractivity contribution in [1.29, 1.82) is 0 Å². The smallest absolute Gasteiger partial charge is 0.141 e. The normalized spacial score (nSPS) is 16.7. The molecule has 1 atom stereocenters. The number of H-pyrrole nitrogens is 1. The number of hydrogen-bond acceptors (Lipinski definition) is 3. The standard InChI is InChI=1S/C14H18N4/c1-10(14-16-9-17-18-14)15-8-11-2-4-12(5-3-11)13-6-7-13/h2-5,9-10,13,15H,6-8H2,1H3,(H,16,17,18). The van der Waals surface area contributed by atoms with Crippen LogP contribution < -0.4 is 5.32 Å². The summed E-state index contributed by atoms with van der Waals surface area (Å²) < 4.78 is 0. The van der Waals surface area contributed by atoms with Crippen molar-refractivity contribution in [3.63, 3.8) is 0 Å². The van der Waals surface area contributed by atoms with Gasteiger partial charge in [0.2, 0.25) is 0 Å².